The Morgan fingerprint density at radius 3 is 2.84 bits per heavy atom. The lowest BCUT2D eigenvalue weighted by atomic mass is 10.2. The Balaban J connectivity index is 1.66. The minimum Gasteiger partial charge on any atom is -0.383 e. The zero-order valence-corrected chi connectivity index (χ0v) is 12.0. The van der Waals surface area contributed by atoms with Crippen LogP contribution in [0.2, 0.25) is 0 Å². The molecule has 110 valence electrons. The first-order valence-electron chi connectivity index (χ1n) is 7.52. The number of amides is 1. The average Bonchev–Trinajstić information content (AvgIpc) is 3.06. The molecule has 1 heterocycles. The van der Waals surface area contributed by atoms with Crippen molar-refractivity contribution >= 4 is 5.91 Å². The second kappa shape index (κ2) is 7.82. The fraction of sp³-hybridized carbons (Fsp3) is 0.929. The molecular formula is C14H27N3O2. The van der Waals surface area contributed by atoms with Crippen molar-refractivity contribution in [1.29, 1.82) is 0 Å². The largest absolute Gasteiger partial charge is 0.383 e. The molecule has 0 bridgehead atoms. The SMILES string of the molecule is COCCN(CCC(=O)NC1CC1)CC1CCCN1. The molecule has 2 aliphatic rings. The van der Waals surface area contributed by atoms with Gasteiger partial charge in [-0.25, -0.2) is 0 Å². The van der Waals surface area contributed by atoms with Gasteiger partial charge in [-0.05, 0) is 32.2 Å². The van der Waals surface area contributed by atoms with Crippen molar-refractivity contribution in [2.75, 3.05) is 39.9 Å². The first kappa shape index (κ1) is 14.8. The Morgan fingerprint density at radius 2 is 2.21 bits per heavy atom. The van der Waals surface area contributed by atoms with Crippen LogP contribution >= 0.6 is 0 Å². The van der Waals surface area contributed by atoms with Crippen LogP contribution in [-0.4, -0.2) is 62.8 Å². The zero-order valence-electron chi connectivity index (χ0n) is 12.0. The fourth-order valence-corrected chi connectivity index (χ4v) is 2.53. The molecule has 1 atom stereocenters. The van der Waals surface area contributed by atoms with E-state index in [9.17, 15) is 4.79 Å². The summed E-state index contributed by atoms with van der Waals surface area (Å²) >= 11 is 0. The molecule has 0 radical (unpaired) electrons. The van der Waals surface area contributed by atoms with Crippen LogP contribution in [-0.2, 0) is 9.53 Å². The van der Waals surface area contributed by atoms with Crippen LogP contribution in [0, 0.1) is 0 Å². The molecule has 1 amide bonds. The van der Waals surface area contributed by atoms with Crippen molar-refractivity contribution in [1.82, 2.24) is 15.5 Å². The third kappa shape index (κ3) is 5.89. The van der Waals surface area contributed by atoms with Crippen LogP contribution in [0.1, 0.15) is 32.1 Å². The van der Waals surface area contributed by atoms with Crippen molar-refractivity contribution < 1.29 is 9.53 Å². The number of nitrogens with one attached hydrogen (secondary N) is 2. The molecule has 5 nitrogen and oxygen atoms in total. The smallest absolute Gasteiger partial charge is 0.221 e. The van der Waals surface area contributed by atoms with Gasteiger partial charge in [0.25, 0.3) is 0 Å². The number of carbonyl (C=O) groups is 1. The molecule has 0 aromatic rings. The van der Waals surface area contributed by atoms with Crippen molar-refractivity contribution in [3.63, 3.8) is 0 Å². The molecule has 0 aromatic heterocycles. The van der Waals surface area contributed by atoms with Gasteiger partial charge in [0.05, 0.1) is 6.61 Å². The summed E-state index contributed by atoms with van der Waals surface area (Å²) in [7, 11) is 1.73. The number of rotatable bonds is 9. The molecule has 1 aliphatic heterocycles. The van der Waals surface area contributed by atoms with Gasteiger partial charge in [0, 0.05) is 45.2 Å². The van der Waals surface area contributed by atoms with Crippen LogP contribution in [0.3, 0.4) is 0 Å². The van der Waals surface area contributed by atoms with Crippen LogP contribution < -0.4 is 10.6 Å². The quantitative estimate of drug-likeness (QED) is 0.634. The highest BCUT2D eigenvalue weighted by atomic mass is 16.5. The third-order valence-electron chi connectivity index (χ3n) is 3.85. The van der Waals surface area contributed by atoms with Crippen molar-refractivity contribution in [3.05, 3.63) is 0 Å². The molecule has 19 heavy (non-hydrogen) atoms. The number of methoxy groups -OCH3 is 1. The van der Waals surface area contributed by atoms with E-state index >= 15 is 0 Å². The van der Waals surface area contributed by atoms with Gasteiger partial charge >= 0.3 is 0 Å². The Hall–Kier alpha value is -0.650. The third-order valence-corrected chi connectivity index (χ3v) is 3.85. The van der Waals surface area contributed by atoms with Crippen molar-refractivity contribution in [3.8, 4) is 0 Å². The van der Waals surface area contributed by atoms with Crippen molar-refractivity contribution in [2.45, 2.75) is 44.2 Å². The first-order chi connectivity index (χ1) is 9.28. The maximum Gasteiger partial charge on any atom is 0.221 e. The highest BCUT2D eigenvalue weighted by Gasteiger charge is 2.23. The molecule has 5 heteroatoms. The molecular weight excluding hydrogens is 242 g/mol. The maximum atomic E-state index is 11.7. The molecule has 1 saturated heterocycles. The molecule has 0 spiro atoms. The topological polar surface area (TPSA) is 53.6 Å². The van der Waals surface area contributed by atoms with Gasteiger partial charge in [0.2, 0.25) is 5.91 Å². The average molecular weight is 269 g/mol. The molecule has 2 fully saturated rings. The summed E-state index contributed by atoms with van der Waals surface area (Å²) in [5, 5.41) is 6.56. The van der Waals surface area contributed by atoms with E-state index in [1.54, 1.807) is 7.11 Å². The summed E-state index contributed by atoms with van der Waals surface area (Å²) in [6.07, 6.45) is 5.44. The Labute approximate surface area is 116 Å². The van der Waals surface area contributed by atoms with Crippen LogP contribution in [0.25, 0.3) is 0 Å². The van der Waals surface area contributed by atoms with Crippen molar-refractivity contribution in [2.24, 2.45) is 0 Å². The predicted octanol–water partition coefficient (Wildman–Crippen LogP) is 0.356. The van der Waals surface area contributed by atoms with Crippen LogP contribution in [0.5, 0.6) is 0 Å². The first-order valence-corrected chi connectivity index (χ1v) is 7.52. The summed E-state index contributed by atoms with van der Waals surface area (Å²) in [6, 6.07) is 1.06. The van der Waals surface area contributed by atoms with E-state index in [0.29, 0.717) is 18.5 Å². The predicted molar refractivity (Wildman–Crippen MR) is 75.1 cm³/mol. The van der Waals surface area contributed by atoms with Gasteiger partial charge in [0.15, 0.2) is 0 Å². The minimum atomic E-state index is 0.198. The number of nitrogens with zero attached hydrogens (tertiary/aromatic N) is 1. The highest BCUT2D eigenvalue weighted by Crippen LogP contribution is 2.18. The summed E-state index contributed by atoms with van der Waals surface area (Å²) in [5.41, 5.74) is 0. The summed E-state index contributed by atoms with van der Waals surface area (Å²) in [4.78, 5) is 14.1. The van der Waals surface area contributed by atoms with Gasteiger partial charge in [-0.2, -0.15) is 0 Å². The van der Waals surface area contributed by atoms with Crippen LogP contribution in [0.15, 0.2) is 0 Å². The number of ether oxygens (including phenoxy) is 1. The summed E-state index contributed by atoms with van der Waals surface area (Å²) in [5.74, 6) is 0.198. The van der Waals surface area contributed by atoms with E-state index in [1.165, 1.54) is 12.8 Å². The van der Waals surface area contributed by atoms with Gasteiger partial charge in [-0.1, -0.05) is 0 Å². The minimum absolute atomic E-state index is 0.198. The van der Waals surface area contributed by atoms with E-state index < -0.39 is 0 Å². The highest BCUT2D eigenvalue weighted by molar-refractivity contribution is 5.76. The lowest BCUT2D eigenvalue weighted by Crippen LogP contribution is -2.41. The van der Waals surface area contributed by atoms with Crippen LogP contribution in [0.4, 0.5) is 0 Å². The Morgan fingerprint density at radius 1 is 1.37 bits per heavy atom. The van der Waals surface area contributed by atoms with Gasteiger partial charge in [-0.15, -0.1) is 0 Å². The summed E-state index contributed by atoms with van der Waals surface area (Å²) < 4.78 is 5.16. The zero-order chi connectivity index (χ0) is 13.5. The van der Waals surface area contributed by atoms with E-state index in [4.69, 9.17) is 4.74 Å². The fourth-order valence-electron chi connectivity index (χ4n) is 2.53. The van der Waals surface area contributed by atoms with E-state index in [-0.39, 0.29) is 5.91 Å². The standard InChI is InChI=1S/C14H27N3O2/c1-19-10-9-17(11-13-3-2-7-15-13)8-6-14(18)16-12-4-5-12/h12-13,15H,2-11H2,1H3,(H,16,18). The monoisotopic (exact) mass is 269 g/mol. The lowest BCUT2D eigenvalue weighted by molar-refractivity contribution is -0.121. The number of hydrogen-bond donors (Lipinski definition) is 2. The maximum absolute atomic E-state index is 11.7. The van der Waals surface area contributed by atoms with Gasteiger partial charge in [0.1, 0.15) is 0 Å². The number of hydrogen-bond acceptors (Lipinski definition) is 4. The van der Waals surface area contributed by atoms with Gasteiger partial charge in [-0.3, -0.25) is 9.69 Å². The normalized spacial score (nSPS) is 22.9. The number of carbonyl (C=O) groups excluding carboxylic acids is 1. The van der Waals surface area contributed by atoms with Gasteiger partial charge < -0.3 is 15.4 Å². The summed E-state index contributed by atoms with van der Waals surface area (Å²) in [6.45, 7) is 4.63. The molecule has 1 aliphatic carbocycles. The lowest BCUT2D eigenvalue weighted by Gasteiger charge is -2.25. The van der Waals surface area contributed by atoms with E-state index in [0.717, 1.165) is 45.6 Å². The molecule has 1 unspecified atom stereocenters. The second-order valence-electron chi connectivity index (χ2n) is 5.68. The Bertz CT molecular complexity index is 276. The Kier molecular flexibility index (Phi) is 6.07. The molecule has 1 saturated carbocycles. The molecule has 2 N–H and O–H groups in total. The van der Waals surface area contributed by atoms with E-state index in [1.807, 2.05) is 0 Å². The van der Waals surface area contributed by atoms with E-state index in [2.05, 4.69) is 15.5 Å². The molecule has 0 aromatic carbocycles. The second-order valence-corrected chi connectivity index (χ2v) is 5.68. The molecule has 2 rings (SSSR count).